The molecule has 1 atom stereocenters. The highest BCUT2D eigenvalue weighted by molar-refractivity contribution is 9.10. The average molecular weight is 313 g/mol. The molecule has 2 N–H and O–H groups in total. The number of ether oxygens (including phenoxy) is 1. The van der Waals surface area contributed by atoms with Gasteiger partial charge in [0.25, 0.3) is 0 Å². The summed E-state index contributed by atoms with van der Waals surface area (Å²) in [7, 11) is 1.61. The summed E-state index contributed by atoms with van der Waals surface area (Å²) in [6.45, 7) is 1.77. The maximum atomic E-state index is 12.1. The van der Waals surface area contributed by atoms with Crippen molar-refractivity contribution >= 4 is 27.5 Å². The van der Waals surface area contributed by atoms with Gasteiger partial charge in [0.2, 0.25) is 5.91 Å². The van der Waals surface area contributed by atoms with Crippen LogP contribution in [0.1, 0.15) is 12.8 Å². The Bertz CT molecular complexity index is 431. The summed E-state index contributed by atoms with van der Waals surface area (Å²) in [6, 6.07) is 5.55. The lowest BCUT2D eigenvalue weighted by Crippen LogP contribution is -2.37. The molecule has 1 amide bonds. The fraction of sp³-hybridized carbons (Fsp3) is 0.462. The predicted octanol–water partition coefficient (Wildman–Crippen LogP) is 2.40. The van der Waals surface area contributed by atoms with Crippen molar-refractivity contribution in [2.45, 2.75) is 12.8 Å². The summed E-state index contributed by atoms with van der Waals surface area (Å²) < 4.78 is 6.06. The molecule has 0 aromatic heterocycles. The fourth-order valence-electron chi connectivity index (χ4n) is 2.07. The third kappa shape index (κ3) is 3.46. The normalized spacial score (nSPS) is 19.3. The number of carbonyl (C=O) groups is 1. The number of rotatable bonds is 3. The molecule has 18 heavy (non-hydrogen) atoms. The third-order valence-corrected chi connectivity index (χ3v) is 3.50. The average Bonchev–Trinajstić information content (AvgIpc) is 2.39. The van der Waals surface area contributed by atoms with E-state index in [-0.39, 0.29) is 11.8 Å². The zero-order chi connectivity index (χ0) is 13.0. The Labute approximate surface area is 115 Å². The van der Waals surface area contributed by atoms with Gasteiger partial charge in [0, 0.05) is 22.8 Å². The number of benzene rings is 1. The second kappa shape index (κ2) is 6.20. The zero-order valence-corrected chi connectivity index (χ0v) is 11.9. The van der Waals surface area contributed by atoms with Gasteiger partial charge in [-0.3, -0.25) is 4.79 Å². The summed E-state index contributed by atoms with van der Waals surface area (Å²) in [4.78, 5) is 12.1. The molecule has 1 aromatic rings. The van der Waals surface area contributed by atoms with Crippen LogP contribution in [0.4, 0.5) is 5.69 Å². The van der Waals surface area contributed by atoms with Crippen LogP contribution in [0.2, 0.25) is 0 Å². The van der Waals surface area contributed by atoms with Gasteiger partial charge in [-0.05, 0) is 31.5 Å². The first kappa shape index (κ1) is 13.4. The number of halogens is 1. The highest BCUT2D eigenvalue weighted by atomic mass is 79.9. The maximum Gasteiger partial charge on any atom is 0.228 e. The number of hydrogen-bond donors (Lipinski definition) is 2. The van der Waals surface area contributed by atoms with Crippen molar-refractivity contribution in [2.24, 2.45) is 5.92 Å². The van der Waals surface area contributed by atoms with E-state index >= 15 is 0 Å². The van der Waals surface area contributed by atoms with E-state index < -0.39 is 0 Å². The van der Waals surface area contributed by atoms with E-state index in [0.717, 1.165) is 41.8 Å². The van der Waals surface area contributed by atoms with Gasteiger partial charge in [-0.1, -0.05) is 15.9 Å². The maximum absolute atomic E-state index is 12.1. The van der Waals surface area contributed by atoms with Crippen molar-refractivity contribution in [2.75, 3.05) is 25.5 Å². The lowest BCUT2D eigenvalue weighted by Gasteiger charge is -2.22. The van der Waals surface area contributed by atoms with Gasteiger partial charge in [-0.25, -0.2) is 0 Å². The minimum Gasteiger partial charge on any atom is -0.497 e. The number of carbonyl (C=O) groups excluding carboxylic acids is 1. The van der Waals surface area contributed by atoms with Gasteiger partial charge < -0.3 is 15.4 Å². The monoisotopic (exact) mass is 312 g/mol. The minimum atomic E-state index is 0.0590. The van der Waals surface area contributed by atoms with Crippen LogP contribution < -0.4 is 15.4 Å². The van der Waals surface area contributed by atoms with Crippen LogP contribution in [0.5, 0.6) is 5.75 Å². The zero-order valence-electron chi connectivity index (χ0n) is 10.3. The topological polar surface area (TPSA) is 50.4 Å². The van der Waals surface area contributed by atoms with Crippen LogP contribution in [0.3, 0.4) is 0 Å². The highest BCUT2D eigenvalue weighted by Gasteiger charge is 2.20. The Hall–Kier alpha value is -1.07. The second-order valence-corrected chi connectivity index (χ2v) is 5.33. The molecule has 0 radical (unpaired) electrons. The molecule has 5 heteroatoms. The third-order valence-electron chi connectivity index (χ3n) is 3.04. The van der Waals surface area contributed by atoms with E-state index in [4.69, 9.17) is 4.74 Å². The molecule has 1 fully saturated rings. The predicted molar refractivity (Wildman–Crippen MR) is 74.9 cm³/mol. The number of amides is 1. The number of nitrogens with one attached hydrogen (secondary N) is 2. The number of anilines is 1. The second-order valence-electron chi connectivity index (χ2n) is 4.41. The van der Waals surface area contributed by atoms with E-state index in [1.165, 1.54) is 0 Å². The number of piperidine rings is 1. The van der Waals surface area contributed by atoms with E-state index in [2.05, 4.69) is 26.6 Å². The molecule has 2 rings (SSSR count). The van der Waals surface area contributed by atoms with Crippen molar-refractivity contribution < 1.29 is 9.53 Å². The SMILES string of the molecule is COc1cc(Br)cc(NC(=O)[C@@H]2CCCNC2)c1. The molecule has 1 saturated heterocycles. The first-order valence-corrected chi connectivity index (χ1v) is 6.84. The molecule has 1 aliphatic rings. The van der Waals surface area contributed by atoms with Crippen molar-refractivity contribution in [3.8, 4) is 5.75 Å². The molecule has 4 nitrogen and oxygen atoms in total. The summed E-state index contributed by atoms with van der Waals surface area (Å²) in [6.07, 6.45) is 2.00. The Kier molecular flexibility index (Phi) is 4.60. The van der Waals surface area contributed by atoms with Gasteiger partial charge in [-0.15, -0.1) is 0 Å². The lowest BCUT2D eigenvalue weighted by molar-refractivity contribution is -0.120. The standard InChI is InChI=1S/C13H17BrN2O2/c1-18-12-6-10(14)5-11(7-12)16-13(17)9-3-2-4-15-8-9/h5-7,9,15H,2-4,8H2,1H3,(H,16,17)/t9-/m1/s1. The minimum absolute atomic E-state index is 0.0590. The lowest BCUT2D eigenvalue weighted by atomic mass is 9.99. The summed E-state index contributed by atoms with van der Waals surface area (Å²) in [5.74, 6) is 0.854. The highest BCUT2D eigenvalue weighted by Crippen LogP contribution is 2.25. The molecule has 0 bridgehead atoms. The molecular formula is C13H17BrN2O2. The number of hydrogen-bond acceptors (Lipinski definition) is 3. The summed E-state index contributed by atoms with van der Waals surface area (Å²) >= 11 is 3.40. The van der Waals surface area contributed by atoms with Gasteiger partial charge in [0.15, 0.2) is 0 Å². The quantitative estimate of drug-likeness (QED) is 0.901. The number of methoxy groups -OCH3 is 1. The van der Waals surface area contributed by atoms with Crippen molar-refractivity contribution in [1.29, 1.82) is 0 Å². The summed E-state index contributed by atoms with van der Waals surface area (Å²) in [5, 5.41) is 6.18. The van der Waals surface area contributed by atoms with E-state index in [1.54, 1.807) is 7.11 Å². The Morgan fingerprint density at radius 2 is 2.33 bits per heavy atom. The largest absolute Gasteiger partial charge is 0.497 e. The van der Waals surface area contributed by atoms with Gasteiger partial charge in [0.05, 0.1) is 13.0 Å². The molecule has 0 unspecified atom stereocenters. The van der Waals surface area contributed by atoms with Crippen molar-refractivity contribution in [3.05, 3.63) is 22.7 Å². The van der Waals surface area contributed by atoms with Gasteiger partial charge in [-0.2, -0.15) is 0 Å². The molecule has 98 valence electrons. The first-order valence-electron chi connectivity index (χ1n) is 6.05. The van der Waals surface area contributed by atoms with E-state index in [9.17, 15) is 4.79 Å². The van der Waals surface area contributed by atoms with E-state index in [1.807, 2.05) is 18.2 Å². The van der Waals surface area contributed by atoms with Crippen LogP contribution in [0.15, 0.2) is 22.7 Å². The Morgan fingerprint density at radius 1 is 1.50 bits per heavy atom. The van der Waals surface area contributed by atoms with Crippen molar-refractivity contribution in [3.63, 3.8) is 0 Å². The fourth-order valence-corrected chi connectivity index (χ4v) is 2.54. The van der Waals surface area contributed by atoms with Crippen LogP contribution in [0.25, 0.3) is 0 Å². The molecule has 1 aromatic carbocycles. The van der Waals surface area contributed by atoms with Gasteiger partial charge in [0.1, 0.15) is 5.75 Å². The van der Waals surface area contributed by atoms with Crippen LogP contribution in [-0.4, -0.2) is 26.1 Å². The molecular weight excluding hydrogens is 296 g/mol. The Balaban J connectivity index is 2.03. The summed E-state index contributed by atoms with van der Waals surface area (Å²) in [5.41, 5.74) is 0.761. The van der Waals surface area contributed by atoms with E-state index in [0.29, 0.717) is 0 Å². The van der Waals surface area contributed by atoms with Gasteiger partial charge >= 0.3 is 0 Å². The first-order chi connectivity index (χ1) is 8.69. The molecule has 0 aliphatic carbocycles. The molecule has 1 heterocycles. The van der Waals surface area contributed by atoms with Crippen LogP contribution in [-0.2, 0) is 4.79 Å². The Morgan fingerprint density at radius 3 is 3.00 bits per heavy atom. The molecule has 1 aliphatic heterocycles. The van der Waals surface area contributed by atoms with Crippen LogP contribution in [0, 0.1) is 5.92 Å². The smallest absolute Gasteiger partial charge is 0.228 e. The van der Waals surface area contributed by atoms with Crippen LogP contribution >= 0.6 is 15.9 Å². The molecule has 0 spiro atoms. The molecule has 0 saturated carbocycles. The van der Waals surface area contributed by atoms with Crippen molar-refractivity contribution in [1.82, 2.24) is 5.32 Å².